The molecule has 0 aliphatic rings. The third kappa shape index (κ3) is 7.36. The third-order valence-electron chi connectivity index (χ3n) is 8.28. The summed E-state index contributed by atoms with van der Waals surface area (Å²) >= 11 is 3.81. The smallest absolute Gasteiger partial charge is 0.0892 e. The van der Waals surface area contributed by atoms with Gasteiger partial charge in [0.25, 0.3) is 0 Å². The van der Waals surface area contributed by atoms with Crippen molar-refractivity contribution in [2.24, 2.45) is 0 Å². The fourth-order valence-electron chi connectivity index (χ4n) is 5.74. The molecule has 0 N–H and O–H groups in total. The topological polar surface area (TPSA) is 25.8 Å². The quantitative estimate of drug-likeness (QED) is 0.132. The van der Waals surface area contributed by atoms with E-state index in [1.165, 1.54) is 85.0 Å². The van der Waals surface area contributed by atoms with Crippen molar-refractivity contribution in [3.63, 3.8) is 0 Å². The molecule has 2 nitrogen and oxygen atoms in total. The molecule has 224 valence electrons. The molecule has 0 aliphatic heterocycles. The summed E-state index contributed by atoms with van der Waals surface area (Å²) in [5.41, 5.74) is 9.85. The number of unbranched alkanes of at least 4 members (excludes halogenated alkanes) is 3. The highest BCUT2D eigenvalue weighted by Crippen LogP contribution is 2.41. The van der Waals surface area contributed by atoms with Crippen LogP contribution in [0.25, 0.3) is 42.7 Å². The highest BCUT2D eigenvalue weighted by atomic mass is 32.1. The predicted octanol–water partition coefficient (Wildman–Crippen LogP) is 12.8. The van der Waals surface area contributed by atoms with Gasteiger partial charge < -0.3 is 0 Å². The zero-order valence-corrected chi connectivity index (χ0v) is 28.5. The Labute approximate surface area is 267 Å². The summed E-state index contributed by atoms with van der Waals surface area (Å²) < 4.78 is 0. The van der Waals surface area contributed by atoms with Gasteiger partial charge in [0.15, 0.2) is 0 Å². The van der Waals surface area contributed by atoms with E-state index in [9.17, 15) is 0 Å². The minimum absolute atomic E-state index is 0.428. The molecule has 0 bridgehead atoms. The molecule has 5 rings (SSSR count). The summed E-state index contributed by atoms with van der Waals surface area (Å²) in [6.07, 6.45) is 10.3. The number of rotatable bonds is 12. The molecule has 4 heteroatoms. The Balaban J connectivity index is 1.44. The van der Waals surface area contributed by atoms with Crippen LogP contribution in [0.2, 0.25) is 0 Å². The van der Waals surface area contributed by atoms with Gasteiger partial charge in [0, 0.05) is 31.9 Å². The SMILES string of the molecule is CCCCCCc1ccc(-c2ccc(-c3ccnc(-c4cc(-c5c(C(C)C)cc(C(C)C)cc5C(C)C)ccn4)c3)s2)s1. The second-order valence-electron chi connectivity index (χ2n) is 12.6. The first-order valence-corrected chi connectivity index (χ1v) is 17.7. The van der Waals surface area contributed by atoms with E-state index < -0.39 is 0 Å². The van der Waals surface area contributed by atoms with Crippen LogP contribution in [0.1, 0.15) is 113 Å². The maximum atomic E-state index is 4.80. The summed E-state index contributed by atoms with van der Waals surface area (Å²) in [5.74, 6) is 1.36. The summed E-state index contributed by atoms with van der Waals surface area (Å²) in [7, 11) is 0. The maximum Gasteiger partial charge on any atom is 0.0892 e. The molecular formula is C39H46N2S2. The van der Waals surface area contributed by atoms with E-state index in [0.717, 1.165) is 11.4 Å². The molecule has 43 heavy (non-hydrogen) atoms. The molecule has 0 saturated heterocycles. The molecule has 0 spiro atoms. The standard InChI is InChI=1S/C39H46N2S2/c1-8-9-10-11-12-31-13-14-37(42-31)38-16-15-36(43-38)28-17-19-40-34(23-28)35-24-29(18-20-41-35)39-32(26(4)5)21-30(25(2)3)22-33(39)27(6)7/h13-27H,8-12H2,1-7H3. The van der Waals surface area contributed by atoms with Crippen molar-refractivity contribution < 1.29 is 0 Å². The largest absolute Gasteiger partial charge is 0.255 e. The number of nitrogens with zero attached hydrogens (tertiary/aromatic N) is 2. The van der Waals surface area contributed by atoms with E-state index in [1.807, 2.05) is 35.1 Å². The van der Waals surface area contributed by atoms with Crippen LogP contribution in [0.5, 0.6) is 0 Å². The lowest BCUT2D eigenvalue weighted by Gasteiger charge is -2.23. The molecule has 0 amide bonds. The van der Waals surface area contributed by atoms with Gasteiger partial charge in [-0.2, -0.15) is 0 Å². The van der Waals surface area contributed by atoms with E-state index in [1.54, 1.807) is 0 Å². The number of aromatic nitrogens is 2. The van der Waals surface area contributed by atoms with Crippen molar-refractivity contribution >= 4 is 22.7 Å². The van der Waals surface area contributed by atoms with Gasteiger partial charge in [-0.05, 0) is 113 Å². The molecular weight excluding hydrogens is 561 g/mol. The Hall–Kier alpha value is -3.08. The number of thiophene rings is 2. The van der Waals surface area contributed by atoms with Crippen molar-refractivity contribution in [1.29, 1.82) is 0 Å². The van der Waals surface area contributed by atoms with Gasteiger partial charge >= 0.3 is 0 Å². The zero-order chi connectivity index (χ0) is 30.5. The number of hydrogen-bond acceptors (Lipinski definition) is 4. The molecule has 4 aromatic heterocycles. The number of aryl methyl sites for hydroxylation is 1. The molecule has 4 heterocycles. The van der Waals surface area contributed by atoms with Crippen LogP contribution in [-0.4, -0.2) is 9.97 Å². The van der Waals surface area contributed by atoms with Crippen molar-refractivity contribution in [2.45, 2.75) is 98.3 Å². The Morgan fingerprint density at radius 2 is 1.16 bits per heavy atom. The van der Waals surface area contributed by atoms with E-state index in [-0.39, 0.29) is 0 Å². The minimum Gasteiger partial charge on any atom is -0.255 e. The van der Waals surface area contributed by atoms with Crippen LogP contribution in [0, 0.1) is 0 Å². The summed E-state index contributed by atoms with van der Waals surface area (Å²) in [6.45, 7) is 16.1. The molecule has 0 saturated carbocycles. The maximum absolute atomic E-state index is 4.80. The normalized spacial score (nSPS) is 11.8. The first kappa shape index (κ1) is 31.3. The van der Waals surface area contributed by atoms with Crippen molar-refractivity contribution in [1.82, 2.24) is 9.97 Å². The Morgan fingerprint density at radius 1 is 0.581 bits per heavy atom. The minimum atomic E-state index is 0.428. The zero-order valence-electron chi connectivity index (χ0n) is 26.9. The Morgan fingerprint density at radius 3 is 1.79 bits per heavy atom. The lowest BCUT2D eigenvalue weighted by atomic mass is 9.82. The highest BCUT2D eigenvalue weighted by molar-refractivity contribution is 7.23. The Kier molecular flexibility index (Phi) is 10.3. The van der Waals surface area contributed by atoms with Gasteiger partial charge in [-0.1, -0.05) is 79.9 Å². The third-order valence-corrected chi connectivity index (χ3v) is 10.8. The van der Waals surface area contributed by atoms with Crippen molar-refractivity contribution in [3.05, 3.63) is 94.6 Å². The van der Waals surface area contributed by atoms with Crippen molar-refractivity contribution in [2.75, 3.05) is 0 Å². The monoisotopic (exact) mass is 606 g/mol. The molecule has 0 fully saturated rings. The number of pyridine rings is 2. The molecule has 0 aliphatic carbocycles. The molecule has 0 radical (unpaired) electrons. The average Bonchev–Trinajstić information content (AvgIpc) is 3.69. The van der Waals surface area contributed by atoms with Gasteiger partial charge in [-0.25, -0.2) is 0 Å². The molecule has 0 atom stereocenters. The van der Waals surface area contributed by atoms with Crippen LogP contribution in [0.15, 0.2) is 73.1 Å². The molecule has 0 unspecified atom stereocenters. The van der Waals surface area contributed by atoms with Crippen LogP contribution in [0.3, 0.4) is 0 Å². The number of benzene rings is 1. The predicted molar refractivity (Wildman–Crippen MR) is 190 cm³/mol. The van der Waals surface area contributed by atoms with E-state index >= 15 is 0 Å². The Bertz CT molecular complexity index is 1620. The lowest BCUT2D eigenvalue weighted by Crippen LogP contribution is -2.04. The first-order valence-electron chi connectivity index (χ1n) is 16.0. The van der Waals surface area contributed by atoms with E-state index in [4.69, 9.17) is 9.97 Å². The van der Waals surface area contributed by atoms with E-state index in [2.05, 4.69) is 109 Å². The van der Waals surface area contributed by atoms with E-state index in [0.29, 0.717) is 17.8 Å². The molecule has 1 aromatic carbocycles. The summed E-state index contributed by atoms with van der Waals surface area (Å²) in [6, 6.07) is 22.7. The highest BCUT2D eigenvalue weighted by Gasteiger charge is 2.19. The van der Waals surface area contributed by atoms with Gasteiger partial charge in [-0.15, -0.1) is 22.7 Å². The fraction of sp³-hybridized carbons (Fsp3) is 0.385. The van der Waals surface area contributed by atoms with Gasteiger partial charge in [0.1, 0.15) is 0 Å². The second kappa shape index (κ2) is 14.1. The van der Waals surface area contributed by atoms with Gasteiger partial charge in [-0.3, -0.25) is 9.97 Å². The van der Waals surface area contributed by atoms with Gasteiger partial charge in [0.05, 0.1) is 11.4 Å². The lowest BCUT2D eigenvalue weighted by molar-refractivity contribution is 0.670. The van der Waals surface area contributed by atoms with Crippen LogP contribution >= 0.6 is 22.7 Å². The summed E-state index contributed by atoms with van der Waals surface area (Å²) in [5, 5.41) is 0. The first-order chi connectivity index (χ1) is 20.7. The van der Waals surface area contributed by atoms with Crippen LogP contribution in [-0.2, 0) is 6.42 Å². The second-order valence-corrected chi connectivity index (χ2v) is 14.9. The summed E-state index contributed by atoms with van der Waals surface area (Å²) in [4.78, 5) is 15.0. The van der Waals surface area contributed by atoms with Crippen LogP contribution in [0.4, 0.5) is 0 Å². The molecule has 5 aromatic rings. The fourth-order valence-corrected chi connectivity index (χ4v) is 7.88. The van der Waals surface area contributed by atoms with Gasteiger partial charge in [0.2, 0.25) is 0 Å². The van der Waals surface area contributed by atoms with Crippen LogP contribution < -0.4 is 0 Å². The van der Waals surface area contributed by atoms with Crippen molar-refractivity contribution in [3.8, 4) is 42.7 Å². The number of hydrogen-bond donors (Lipinski definition) is 0. The average molecular weight is 607 g/mol.